The minimum absolute atomic E-state index is 0.00658. The third-order valence-corrected chi connectivity index (χ3v) is 6.53. The highest BCUT2D eigenvalue weighted by Crippen LogP contribution is 2.33. The number of hydrogen-bond acceptors (Lipinski definition) is 4. The van der Waals surface area contributed by atoms with Crippen molar-refractivity contribution < 1.29 is 27.4 Å². The lowest BCUT2D eigenvalue weighted by Crippen LogP contribution is -2.46. The second-order valence-corrected chi connectivity index (χ2v) is 10.3. The summed E-state index contributed by atoms with van der Waals surface area (Å²) < 4.78 is 55.6. The van der Waals surface area contributed by atoms with E-state index in [1.54, 1.807) is 0 Å². The Bertz CT molecular complexity index is 1130. The van der Waals surface area contributed by atoms with Gasteiger partial charge in [-0.2, -0.15) is 18.2 Å². The molecule has 2 fully saturated rings. The highest BCUT2D eigenvalue weighted by atomic mass is 19.4. The van der Waals surface area contributed by atoms with Crippen molar-refractivity contribution in [1.29, 1.82) is 0 Å². The average Bonchev–Trinajstić information content (AvgIpc) is 3.35. The Morgan fingerprint density at radius 1 is 1.23 bits per heavy atom. The van der Waals surface area contributed by atoms with Gasteiger partial charge in [-0.1, -0.05) is 20.8 Å². The van der Waals surface area contributed by atoms with Gasteiger partial charge in [-0.25, -0.2) is 0 Å². The molecule has 10 heteroatoms. The van der Waals surface area contributed by atoms with E-state index in [0.29, 0.717) is 18.6 Å². The first-order valence-corrected chi connectivity index (χ1v) is 12.0. The number of ether oxygens (including phenoxy) is 2. The zero-order valence-corrected chi connectivity index (χ0v) is 20.6. The van der Waals surface area contributed by atoms with E-state index in [1.807, 2.05) is 22.5 Å². The molecule has 2 atom stereocenters. The predicted molar refractivity (Wildman–Crippen MR) is 124 cm³/mol. The number of nitrogens with zero attached hydrogens (tertiary/aromatic N) is 3. The molecule has 2 aromatic rings. The molecule has 3 heterocycles. The zero-order valence-electron chi connectivity index (χ0n) is 20.6. The number of alkyl halides is 3. The molecule has 35 heavy (non-hydrogen) atoms. The molecule has 1 amide bonds. The fraction of sp³-hybridized carbons (Fsp3) is 0.600. The Morgan fingerprint density at radius 3 is 2.54 bits per heavy atom. The summed E-state index contributed by atoms with van der Waals surface area (Å²) in [4.78, 5) is 17.6. The molecule has 2 aliphatic heterocycles. The molecule has 0 saturated carbocycles. The zero-order chi connectivity index (χ0) is 25.4. The van der Waals surface area contributed by atoms with E-state index in [2.05, 4.69) is 31.1 Å². The summed E-state index contributed by atoms with van der Waals surface area (Å²) in [6.07, 6.45) is -1.81. The van der Waals surface area contributed by atoms with E-state index < -0.39 is 17.6 Å². The maximum Gasteiger partial charge on any atom is 0.416 e. The van der Waals surface area contributed by atoms with E-state index >= 15 is 0 Å². The van der Waals surface area contributed by atoms with Crippen LogP contribution in [0.2, 0.25) is 0 Å². The number of carbonyl (C=O) groups excluding carboxylic acids is 1. The first-order chi connectivity index (χ1) is 16.4. The lowest BCUT2D eigenvalue weighted by molar-refractivity contribution is -0.137. The fourth-order valence-electron chi connectivity index (χ4n) is 4.41. The Morgan fingerprint density at radius 2 is 1.97 bits per heavy atom. The largest absolute Gasteiger partial charge is 0.491 e. The minimum atomic E-state index is -4.59. The highest BCUT2D eigenvalue weighted by Gasteiger charge is 2.32. The van der Waals surface area contributed by atoms with E-state index in [9.17, 15) is 18.0 Å². The van der Waals surface area contributed by atoms with Crippen LogP contribution in [-0.2, 0) is 29.9 Å². The Labute approximate surface area is 202 Å². The lowest BCUT2D eigenvalue weighted by atomic mass is 9.92. The van der Waals surface area contributed by atoms with Crippen molar-refractivity contribution in [3.8, 4) is 5.75 Å². The van der Waals surface area contributed by atoms with Crippen molar-refractivity contribution in [1.82, 2.24) is 14.7 Å². The van der Waals surface area contributed by atoms with Crippen LogP contribution in [0.25, 0.3) is 0 Å². The predicted octanol–water partition coefficient (Wildman–Crippen LogP) is 3.80. The van der Waals surface area contributed by atoms with Gasteiger partial charge in [-0.15, -0.1) is 0 Å². The molecule has 0 bridgehead atoms. The number of halogens is 3. The summed E-state index contributed by atoms with van der Waals surface area (Å²) in [6, 6.07) is 4.90. The molecular weight excluding hydrogens is 461 g/mol. The molecule has 0 aliphatic carbocycles. The summed E-state index contributed by atoms with van der Waals surface area (Å²) in [7, 11) is 1.89. The summed E-state index contributed by atoms with van der Waals surface area (Å²) in [6.45, 7) is 8.49. The van der Waals surface area contributed by atoms with Crippen LogP contribution in [0.5, 0.6) is 5.75 Å². The van der Waals surface area contributed by atoms with Crippen LogP contribution in [0.4, 0.5) is 13.2 Å². The molecule has 192 valence electrons. The van der Waals surface area contributed by atoms with Crippen molar-refractivity contribution in [3.05, 3.63) is 46.6 Å². The third kappa shape index (κ3) is 5.81. The standard InChI is InChI=1S/C25H33F3N4O3/c1-24(2,3)21-13-22(32(31(21)4)14-18-6-5-11-34-18)30-23(33)19-12-16(25(26,27)28)7-8-20(19)35-15-17-9-10-29-17/h7-8,12-13,17-18,29H,5-6,9-11,14-15H2,1-4H3/b30-22+/t17-,18-/m1/s1. The first-order valence-electron chi connectivity index (χ1n) is 12.0. The quantitative estimate of drug-likeness (QED) is 0.663. The van der Waals surface area contributed by atoms with Gasteiger partial charge >= 0.3 is 6.18 Å². The first kappa shape index (κ1) is 25.5. The smallest absolute Gasteiger partial charge is 0.416 e. The molecule has 1 N–H and O–H groups in total. The number of aromatic nitrogens is 2. The molecule has 2 aliphatic rings. The second-order valence-electron chi connectivity index (χ2n) is 10.3. The second kappa shape index (κ2) is 9.81. The Kier molecular flexibility index (Phi) is 7.15. The van der Waals surface area contributed by atoms with Gasteiger partial charge in [0.25, 0.3) is 5.91 Å². The van der Waals surface area contributed by atoms with Gasteiger partial charge in [0.1, 0.15) is 12.4 Å². The van der Waals surface area contributed by atoms with Gasteiger partial charge in [0.15, 0.2) is 5.49 Å². The number of benzene rings is 1. The van der Waals surface area contributed by atoms with Gasteiger partial charge in [-0.3, -0.25) is 14.2 Å². The van der Waals surface area contributed by atoms with E-state index in [4.69, 9.17) is 9.47 Å². The van der Waals surface area contributed by atoms with Crippen molar-refractivity contribution in [3.63, 3.8) is 0 Å². The topological polar surface area (TPSA) is 69.8 Å². The molecule has 1 aromatic carbocycles. The molecular formula is C25H33F3N4O3. The van der Waals surface area contributed by atoms with E-state index in [0.717, 1.165) is 43.6 Å². The number of amides is 1. The van der Waals surface area contributed by atoms with Crippen LogP contribution >= 0.6 is 0 Å². The van der Waals surface area contributed by atoms with Crippen molar-refractivity contribution in [2.45, 2.75) is 70.3 Å². The van der Waals surface area contributed by atoms with Crippen molar-refractivity contribution >= 4 is 5.91 Å². The van der Waals surface area contributed by atoms with Gasteiger partial charge in [-0.05, 0) is 44.0 Å². The number of nitrogens with one attached hydrogen (secondary N) is 1. The van der Waals surface area contributed by atoms with Crippen LogP contribution in [0.1, 0.15) is 61.6 Å². The van der Waals surface area contributed by atoms with Crippen LogP contribution in [0.15, 0.2) is 29.3 Å². The SMILES string of the molecule is Cn1c(C(C)(C)C)c/c(=N\C(=O)c2cc(C(F)(F)F)ccc2OC[C@H]2CCN2)n1C[C@H]1CCCO1. The van der Waals surface area contributed by atoms with Crippen LogP contribution in [0.3, 0.4) is 0 Å². The fourth-order valence-corrected chi connectivity index (χ4v) is 4.41. The lowest BCUT2D eigenvalue weighted by Gasteiger charge is -2.27. The average molecular weight is 495 g/mol. The summed E-state index contributed by atoms with van der Waals surface area (Å²) in [5.41, 5.74) is -0.0326. The summed E-state index contributed by atoms with van der Waals surface area (Å²) >= 11 is 0. The Balaban J connectivity index is 1.74. The maximum atomic E-state index is 13.4. The normalized spacial score (nSPS) is 21.3. The van der Waals surface area contributed by atoms with E-state index in [1.165, 1.54) is 6.07 Å². The molecule has 0 spiro atoms. The van der Waals surface area contributed by atoms with Gasteiger partial charge < -0.3 is 14.8 Å². The highest BCUT2D eigenvalue weighted by molar-refractivity contribution is 5.97. The number of carbonyl (C=O) groups is 1. The Hall–Kier alpha value is -2.59. The third-order valence-electron chi connectivity index (χ3n) is 6.53. The molecule has 2 saturated heterocycles. The van der Waals surface area contributed by atoms with Gasteiger partial charge in [0, 0.05) is 36.9 Å². The molecule has 4 rings (SSSR count). The monoisotopic (exact) mass is 494 g/mol. The van der Waals surface area contributed by atoms with E-state index in [-0.39, 0.29) is 35.5 Å². The van der Waals surface area contributed by atoms with Crippen LogP contribution in [-0.4, -0.2) is 47.2 Å². The number of hydrogen-bond donors (Lipinski definition) is 1. The van der Waals surface area contributed by atoms with Crippen molar-refractivity contribution in [2.24, 2.45) is 12.0 Å². The van der Waals surface area contributed by atoms with Crippen LogP contribution < -0.4 is 15.5 Å². The maximum absolute atomic E-state index is 13.4. The van der Waals surface area contributed by atoms with Crippen molar-refractivity contribution in [2.75, 3.05) is 19.8 Å². The summed E-state index contributed by atoms with van der Waals surface area (Å²) in [5, 5.41) is 3.17. The molecule has 0 unspecified atom stereocenters. The molecule has 1 aromatic heterocycles. The van der Waals surface area contributed by atoms with Crippen LogP contribution in [0, 0.1) is 0 Å². The van der Waals surface area contributed by atoms with Gasteiger partial charge in [0.05, 0.1) is 23.8 Å². The molecule has 0 radical (unpaired) electrons. The number of rotatable bonds is 6. The molecule has 7 nitrogen and oxygen atoms in total. The van der Waals surface area contributed by atoms with Gasteiger partial charge in [0.2, 0.25) is 0 Å². The minimum Gasteiger partial charge on any atom is -0.491 e. The summed E-state index contributed by atoms with van der Waals surface area (Å²) in [5.74, 6) is -0.682.